The molecule has 21 heavy (non-hydrogen) atoms. The highest BCUT2D eigenvalue weighted by molar-refractivity contribution is 5.18. The van der Waals surface area contributed by atoms with Crippen molar-refractivity contribution in [3.63, 3.8) is 0 Å². The van der Waals surface area contributed by atoms with Crippen molar-refractivity contribution in [2.24, 2.45) is 0 Å². The molecule has 1 aromatic carbocycles. The summed E-state index contributed by atoms with van der Waals surface area (Å²) in [6.45, 7) is 3.89. The van der Waals surface area contributed by atoms with Crippen molar-refractivity contribution < 1.29 is 13.3 Å². The molecule has 0 aliphatic carbocycles. The maximum atomic E-state index is 13.7. The smallest absolute Gasteiger partial charge is 0.223 e. The summed E-state index contributed by atoms with van der Waals surface area (Å²) in [6, 6.07) is 3.73. The first-order valence-electron chi connectivity index (χ1n) is 7.08. The van der Waals surface area contributed by atoms with Crippen molar-refractivity contribution in [2.45, 2.75) is 32.2 Å². The van der Waals surface area contributed by atoms with Crippen LogP contribution in [-0.2, 0) is 6.54 Å². The van der Waals surface area contributed by atoms with Crippen LogP contribution in [0.15, 0.2) is 22.7 Å². The lowest BCUT2D eigenvalue weighted by Crippen LogP contribution is -2.34. The van der Waals surface area contributed by atoms with E-state index in [0.29, 0.717) is 18.0 Å². The number of halogens is 2. The third kappa shape index (κ3) is 3.26. The van der Waals surface area contributed by atoms with E-state index >= 15 is 0 Å². The number of benzene rings is 1. The Bertz CT molecular complexity index is 629. The topological polar surface area (TPSA) is 42.2 Å². The van der Waals surface area contributed by atoms with Crippen LogP contribution in [0.1, 0.15) is 36.0 Å². The SMILES string of the molecule is Cc1nc(C2CCCN(Cc3ccc(F)cc3F)C2)no1. The zero-order valence-electron chi connectivity index (χ0n) is 11.9. The fourth-order valence-electron chi connectivity index (χ4n) is 2.78. The largest absolute Gasteiger partial charge is 0.340 e. The first-order valence-corrected chi connectivity index (χ1v) is 7.08. The van der Waals surface area contributed by atoms with Crippen LogP contribution >= 0.6 is 0 Å². The lowest BCUT2D eigenvalue weighted by Gasteiger charge is -2.31. The highest BCUT2D eigenvalue weighted by Crippen LogP contribution is 2.26. The molecule has 112 valence electrons. The van der Waals surface area contributed by atoms with Gasteiger partial charge < -0.3 is 4.52 Å². The Balaban J connectivity index is 1.68. The molecule has 0 saturated carbocycles. The summed E-state index contributed by atoms with van der Waals surface area (Å²) in [5, 5.41) is 3.97. The maximum Gasteiger partial charge on any atom is 0.223 e. The Hall–Kier alpha value is -1.82. The van der Waals surface area contributed by atoms with Gasteiger partial charge in [0.1, 0.15) is 11.6 Å². The van der Waals surface area contributed by atoms with E-state index in [9.17, 15) is 8.78 Å². The maximum absolute atomic E-state index is 13.7. The van der Waals surface area contributed by atoms with Crippen LogP contribution in [-0.4, -0.2) is 28.1 Å². The van der Waals surface area contributed by atoms with Gasteiger partial charge in [-0.2, -0.15) is 4.98 Å². The van der Waals surface area contributed by atoms with Crippen LogP contribution in [0.25, 0.3) is 0 Å². The molecule has 0 N–H and O–H groups in total. The van der Waals surface area contributed by atoms with Gasteiger partial charge in [0.2, 0.25) is 5.89 Å². The molecule has 1 unspecified atom stereocenters. The number of hydrogen-bond acceptors (Lipinski definition) is 4. The Morgan fingerprint density at radius 1 is 1.38 bits per heavy atom. The highest BCUT2D eigenvalue weighted by atomic mass is 19.1. The van der Waals surface area contributed by atoms with Crippen molar-refractivity contribution >= 4 is 0 Å². The molecule has 1 saturated heterocycles. The quantitative estimate of drug-likeness (QED) is 0.872. The van der Waals surface area contributed by atoms with E-state index in [1.54, 1.807) is 6.92 Å². The minimum absolute atomic E-state index is 0.208. The number of likely N-dealkylation sites (tertiary alicyclic amines) is 1. The molecule has 1 atom stereocenters. The van der Waals surface area contributed by atoms with Crippen LogP contribution < -0.4 is 0 Å². The van der Waals surface area contributed by atoms with E-state index in [4.69, 9.17) is 4.52 Å². The number of aromatic nitrogens is 2. The van der Waals surface area contributed by atoms with E-state index in [0.717, 1.165) is 37.8 Å². The molecule has 4 nitrogen and oxygen atoms in total. The molecule has 0 spiro atoms. The zero-order chi connectivity index (χ0) is 14.8. The third-order valence-corrected chi connectivity index (χ3v) is 3.82. The Morgan fingerprint density at radius 3 is 2.95 bits per heavy atom. The predicted octanol–water partition coefficient (Wildman–Crippen LogP) is 3.04. The fourth-order valence-corrected chi connectivity index (χ4v) is 2.78. The third-order valence-electron chi connectivity index (χ3n) is 3.82. The summed E-state index contributed by atoms with van der Waals surface area (Å²) in [6.07, 6.45) is 2.00. The van der Waals surface area contributed by atoms with Gasteiger partial charge in [-0.25, -0.2) is 8.78 Å². The molecule has 1 fully saturated rings. The number of rotatable bonds is 3. The van der Waals surface area contributed by atoms with Crippen molar-refractivity contribution in [3.8, 4) is 0 Å². The molecule has 0 radical (unpaired) electrons. The predicted molar refractivity (Wildman–Crippen MR) is 72.6 cm³/mol. The zero-order valence-corrected chi connectivity index (χ0v) is 11.9. The minimum atomic E-state index is -0.546. The van der Waals surface area contributed by atoms with Crippen LogP contribution in [0.4, 0.5) is 8.78 Å². The molecule has 0 bridgehead atoms. The summed E-state index contributed by atoms with van der Waals surface area (Å²) < 4.78 is 31.7. The van der Waals surface area contributed by atoms with Gasteiger partial charge in [0, 0.05) is 37.6 Å². The Kier molecular flexibility index (Phi) is 3.96. The van der Waals surface area contributed by atoms with E-state index in [-0.39, 0.29) is 5.92 Å². The second-order valence-electron chi connectivity index (χ2n) is 5.48. The average molecular weight is 293 g/mol. The monoisotopic (exact) mass is 293 g/mol. The van der Waals surface area contributed by atoms with Crippen LogP contribution in [0.5, 0.6) is 0 Å². The van der Waals surface area contributed by atoms with Gasteiger partial charge in [-0.3, -0.25) is 4.90 Å². The molecule has 1 aliphatic rings. The Morgan fingerprint density at radius 2 is 2.24 bits per heavy atom. The second kappa shape index (κ2) is 5.89. The van der Waals surface area contributed by atoms with Gasteiger partial charge in [0.05, 0.1) is 0 Å². The Labute approximate surface area is 121 Å². The number of piperidine rings is 1. The summed E-state index contributed by atoms with van der Waals surface area (Å²) in [5.41, 5.74) is 0.515. The molecule has 2 heterocycles. The summed E-state index contributed by atoms with van der Waals surface area (Å²) >= 11 is 0. The average Bonchev–Trinajstić information content (AvgIpc) is 2.89. The molecule has 2 aromatic rings. The number of aryl methyl sites for hydroxylation is 1. The lowest BCUT2D eigenvalue weighted by molar-refractivity contribution is 0.192. The van der Waals surface area contributed by atoms with Crippen molar-refractivity contribution in [2.75, 3.05) is 13.1 Å². The highest BCUT2D eigenvalue weighted by Gasteiger charge is 2.25. The van der Waals surface area contributed by atoms with Gasteiger partial charge in [-0.1, -0.05) is 11.2 Å². The van der Waals surface area contributed by atoms with Gasteiger partial charge in [-0.05, 0) is 25.5 Å². The normalized spacial score (nSPS) is 19.9. The first kappa shape index (κ1) is 14.1. The molecular formula is C15H17F2N3O. The van der Waals surface area contributed by atoms with Gasteiger partial charge in [0.25, 0.3) is 0 Å². The molecular weight excluding hydrogens is 276 g/mol. The lowest BCUT2D eigenvalue weighted by atomic mass is 9.97. The minimum Gasteiger partial charge on any atom is -0.340 e. The number of nitrogens with zero attached hydrogens (tertiary/aromatic N) is 3. The first-order chi connectivity index (χ1) is 10.1. The van der Waals surface area contributed by atoms with Crippen molar-refractivity contribution in [1.29, 1.82) is 0 Å². The van der Waals surface area contributed by atoms with Crippen molar-refractivity contribution in [3.05, 3.63) is 47.1 Å². The van der Waals surface area contributed by atoms with E-state index in [2.05, 4.69) is 15.0 Å². The number of hydrogen-bond donors (Lipinski definition) is 0. The fraction of sp³-hybridized carbons (Fsp3) is 0.467. The van der Waals surface area contributed by atoms with Crippen LogP contribution in [0.3, 0.4) is 0 Å². The van der Waals surface area contributed by atoms with Crippen LogP contribution in [0.2, 0.25) is 0 Å². The van der Waals surface area contributed by atoms with E-state index in [1.807, 2.05) is 0 Å². The van der Waals surface area contributed by atoms with Crippen LogP contribution in [0, 0.1) is 18.6 Å². The van der Waals surface area contributed by atoms with E-state index in [1.165, 1.54) is 12.1 Å². The standard InChI is InChI=1S/C15H17F2N3O/c1-10-18-15(19-21-10)12-3-2-6-20(9-12)8-11-4-5-13(16)7-14(11)17/h4-5,7,12H,2-3,6,8-9H2,1H3. The van der Waals surface area contributed by atoms with Gasteiger partial charge in [-0.15, -0.1) is 0 Å². The molecule has 0 amide bonds. The summed E-state index contributed by atoms with van der Waals surface area (Å²) in [4.78, 5) is 6.43. The second-order valence-corrected chi connectivity index (χ2v) is 5.48. The summed E-state index contributed by atoms with van der Waals surface area (Å²) in [7, 11) is 0. The van der Waals surface area contributed by atoms with Gasteiger partial charge in [0.15, 0.2) is 5.82 Å². The van der Waals surface area contributed by atoms with Crippen molar-refractivity contribution in [1.82, 2.24) is 15.0 Å². The molecule has 1 aliphatic heterocycles. The summed E-state index contributed by atoms with van der Waals surface area (Å²) in [5.74, 6) is 0.450. The molecule has 3 rings (SSSR count). The van der Waals surface area contributed by atoms with Gasteiger partial charge >= 0.3 is 0 Å². The molecule has 6 heteroatoms. The molecule has 1 aromatic heterocycles. The van der Waals surface area contributed by atoms with E-state index < -0.39 is 11.6 Å².